The Morgan fingerprint density at radius 1 is 1.10 bits per heavy atom. The second-order valence-electron chi connectivity index (χ2n) is 4.69. The molecule has 1 atom stereocenters. The number of para-hydroxylation sites is 1. The molecule has 1 aromatic heterocycles. The number of nitrogens with two attached hydrogens (primary N) is 1. The zero-order valence-electron chi connectivity index (χ0n) is 11.1. The predicted molar refractivity (Wildman–Crippen MR) is 90.1 cm³/mol. The SMILES string of the molecule is NNC(c1cc(Cl)ccc1Br)c1cccc2cccnc12. The zero-order valence-corrected chi connectivity index (χ0v) is 13.4. The molecule has 0 radical (unpaired) electrons. The molecule has 0 bridgehead atoms. The molecule has 2 aromatic carbocycles. The molecule has 1 unspecified atom stereocenters. The van der Waals surface area contributed by atoms with Crippen LogP contribution >= 0.6 is 27.5 Å². The van der Waals surface area contributed by atoms with Crippen LogP contribution in [0.25, 0.3) is 10.9 Å². The maximum absolute atomic E-state index is 6.12. The van der Waals surface area contributed by atoms with E-state index in [0.29, 0.717) is 5.02 Å². The van der Waals surface area contributed by atoms with E-state index in [1.807, 2.05) is 48.5 Å². The van der Waals surface area contributed by atoms with Crippen LogP contribution in [0, 0.1) is 0 Å². The molecule has 3 rings (SSSR count). The van der Waals surface area contributed by atoms with Gasteiger partial charge in [-0.15, -0.1) is 0 Å². The van der Waals surface area contributed by atoms with Crippen LogP contribution in [0.3, 0.4) is 0 Å². The fourth-order valence-electron chi connectivity index (χ4n) is 2.44. The van der Waals surface area contributed by atoms with Crippen molar-refractivity contribution in [1.29, 1.82) is 0 Å². The molecule has 5 heteroatoms. The molecule has 3 nitrogen and oxygen atoms in total. The maximum Gasteiger partial charge on any atom is 0.0753 e. The summed E-state index contributed by atoms with van der Waals surface area (Å²) in [5.41, 5.74) is 5.78. The van der Waals surface area contributed by atoms with Crippen molar-refractivity contribution in [2.75, 3.05) is 0 Å². The van der Waals surface area contributed by atoms with Crippen molar-refractivity contribution >= 4 is 38.4 Å². The van der Waals surface area contributed by atoms with E-state index in [1.165, 1.54) is 0 Å². The van der Waals surface area contributed by atoms with Crippen molar-refractivity contribution in [2.24, 2.45) is 5.84 Å². The third-order valence-electron chi connectivity index (χ3n) is 3.41. The maximum atomic E-state index is 6.12. The quantitative estimate of drug-likeness (QED) is 0.542. The van der Waals surface area contributed by atoms with Crippen LogP contribution in [-0.4, -0.2) is 4.98 Å². The van der Waals surface area contributed by atoms with Gasteiger partial charge in [0.05, 0.1) is 11.6 Å². The third kappa shape index (κ3) is 2.80. The first-order valence-electron chi connectivity index (χ1n) is 6.45. The van der Waals surface area contributed by atoms with Crippen LogP contribution in [0.2, 0.25) is 5.02 Å². The Balaban J connectivity index is 2.21. The van der Waals surface area contributed by atoms with Gasteiger partial charge in [-0.3, -0.25) is 10.8 Å². The molecular weight excluding hydrogens is 350 g/mol. The van der Waals surface area contributed by atoms with E-state index in [4.69, 9.17) is 17.4 Å². The highest BCUT2D eigenvalue weighted by Crippen LogP contribution is 2.33. The van der Waals surface area contributed by atoms with Gasteiger partial charge in [0.25, 0.3) is 0 Å². The van der Waals surface area contributed by atoms with Gasteiger partial charge in [0.15, 0.2) is 0 Å². The van der Waals surface area contributed by atoms with Crippen molar-refractivity contribution in [3.63, 3.8) is 0 Å². The van der Waals surface area contributed by atoms with E-state index in [2.05, 4.69) is 26.3 Å². The number of nitrogens with zero attached hydrogens (tertiary/aromatic N) is 1. The predicted octanol–water partition coefficient (Wildman–Crippen LogP) is 4.20. The fourth-order valence-corrected chi connectivity index (χ4v) is 3.10. The molecule has 0 aliphatic carbocycles. The van der Waals surface area contributed by atoms with Gasteiger partial charge in [-0.2, -0.15) is 0 Å². The second kappa shape index (κ2) is 6.12. The highest BCUT2D eigenvalue weighted by Gasteiger charge is 2.18. The van der Waals surface area contributed by atoms with Crippen LogP contribution in [0.5, 0.6) is 0 Å². The van der Waals surface area contributed by atoms with Crippen LogP contribution in [-0.2, 0) is 0 Å². The Bertz CT molecular complexity index is 786. The molecule has 0 saturated heterocycles. The lowest BCUT2D eigenvalue weighted by Gasteiger charge is -2.20. The van der Waals surface area contributed by atoms with E-state index in [9.17, 15) is 0 Å². The number of pyridine rings is 1. The van der Waals surface area contributed by atoms with Gasteiger partial charge in [-0.1, -0.05) is 51.8 Å². The van der Waals surface area contributed by atoms with Crippen molar-refractivity contribution in [2.45, 2.75) is 6.04 Å². The molecule has 0 fully saturated rings. The zero-order chi connectivity index (χ0) is 14.8. The number of fused-ring (bicyclic) bond motifs is 1. The van der Waals surface area contributed by atoms with E-state index in [-0.39, 0.29) is 6.04 Å². The van der Waals surface area contributed by atoms with Gasteiger partial charge in [0.2, 0.25) is 0 Å². The molecule has 0 aliphatic heterocycles. The van der Waals surface area contributed by atoms with Crippen LogP contribution in [0.15, 0.2) is 59.2 Å². The number of nitrogens with one attached hydrogen (secondary N) is 1. The third-order valence-corrected chi connectivity index (χ3v) is 4.37. The van der Waals surface area contributed by atoms with Crippen LogP contribution in [0.1, 0.15) is 17.2 Å². The van der Waals surface area contributed by atoms with Crippen molar-refractivity contribution < 1.29 is 0 Å². The number of aromatic nitrogens is 1. The van der Waals surface area contributed by atoms with Gasteiger partial charge < -0.3 is 0 Å². The molecule has 1 heterocycles. The fraction of sp³-hybridized carbons (Fsp3) is 0.0625. The lowest BCUT2D eigenvalue weighted by Crippen LogP contribution is -2.29. The first-order valence-corrected chi connectivity index (χ1v) is 7.62. The summed E-state index contributed by atoms with van der Waals surface area (Å²) < 4.78 is 0.947. The largest absolute Gasteiger partial charge is 0.271 e. The molecule has 106 valence electrons. The summed E-state index contributed by atoms with van der Waals surface area (Å²) in [6, 6.07) is 15.5. The van der Waals surface area contributed by atoms with Gasteiger partial charge in [-0.25, -0.2) is 5.43 Å². The molecule has 0 aliphatic rings. The standard InChI is InChI=1S/C16H13BrClN3/c17-14-7-6-11(18)9-13(14)16(21-19)12-5-1-3-10-4-2-8-20-15(10)12/h1-9,16,21H,19H2. The Morgan fingerprint density at radius 2 is 1.90 bits per heavy atom. The number of benzene rings is 2. The normalized spacial score (nSPS) is 12.5. The highest BCUT2D eigenvalue weighted by molar-refractivity contribution is 9.10. The number of hydrazine groups is 1. The topological polar surface area (TPSA) is 50.9 Å². The lowest BCUT2D eigenvalue weighted by atomic mass is 9.97. The van der Waals surface area contributed by atoms with Crippen molar-refractivity contribution in [3.8, 4) is 0 Å². The van der Waals surface area contributed by atoms with E-state index in [1.54, 1.807) is 6.20 Å². The molecule has 0 spiro atoms. The second-order valence-corrected chi connectivity index (χ2v) is 5.98. The summed E-state index contributed by atoms with van der Waals surface area (Å²) in [5.74, 6) is 5.81. The smallest absolute Gasteiger partial charge is 0.0753 e. The summed E-state index contributed by atoms with van der Waals surface area (Å²) in [4.78, 5) is 4.48. The average molecular weight is 363 g/mol. The van der Waals surface area contributed by atoms with Gasteiger partial charge in [0, 0.05) is 26.6 Å². The monoisotopic (exact) mass is 361 g/mol. The molecule has 21 heavy (non-hydrogen) atoms. The molecule has 0 saturated carbocycles. The number of hydrogen-bond acceptors (Lipinski definition) is 3. The molecule has 3 aromatic rings. The Kier molecular flexibility index (Phi) is 4.22. The summed E-state index contributed by atoms with van der Waals surface area (Å²) in [6.45, 7) is 0. The molecular formula is C16H13BrClN3. The average Bonchev–Trinajstić information content (AvgIpc) is 2.51. The van der Waals surface area contributed by atoms with Gasteiger partial charge in [0.1, 0.15) is 0 Å². The highest BCUT2D eigenvalue weighted by atomic mass is 79.9. The Labute approximate surface area is 136 Å². The van der Waals surface area contributed by atoms with Gasteiger partial charge >= 0.3 is 0 Å². The molecule has 0 amide bonds. The van der Waals surface area contributed by atoms with Gasteiger partial charge in [-0.05, 0) is 29.8 Å². The van der Waals surface area contributed by atoms with E-state index in [0.717, 1.165) is 26.5 Å². The first-order chi connectivity index (χ1) is 10.2. The summed E-state index contributed by atoms with van der Waals surface area (Å²) in [7, 11) is 0. The number of rotatable bonds is 3. The lowest BCUT2D eigenvalue weighted by molar-refractivity contribution is 0.638. The van der Waals surface area contributed by atoms with E-state index >= 15 is 0 Å². The number of hydrogen-bond donors (Lipinski definition) is 2. The minimum absolute atomic E-state index is 0.198. The van der Waals surface area contributed by atoms with E-state index < -0.39 is 0 Å². The minimum Gasteiger partial charge on any atom is -0.271 e. The molecule has 3 N–H and O–H groups in total. The minimum atomic E-state index is -0.198. The summed E-state index contributed by atoms with van der Waals surface area (Å²) in [6.07, 6.45) is 1.78. The van der Waals surface area contributed by atoms with Crippen LogP contribution in [0.4, 0.5) is 0 Å². The van der Waals surface area contributed by atoms with Crippen molar-refractivity contribution in [3.05, 3.63) is 75.4 Å². The summed E-state index contributed by atoms with van der Waals surface area (Å²) >= 11 is 9.68. The number of halogens is 2. The summed E-state index contributed by atoms with van der Waals surface area (Å²) in [5, 5.41) is 1.75. The Morgan fingerprint density at radius 3 is 2.71 bits per heavy atom. The van der Waals surface area contributed by atoms with Crippen LogP contribution < -0.4 is 11.3 Å². The Hall–Kier alpha value is -1.46. The first kappa shape index (κ1) is 14.5. The van der Waals surface area contributed by atoms with Crippen molar-refractivity contribution in [1.82, 2.24) is 10.4 Å².